The van der Waals surface area contributed by atoms with Gasteiger partial charge in [0.25, 0.3) is 0 Å². The van der Waals surface area contributed by atoms with Gasteiger partial charge in [-0.3, -0.25) is 4.79 Å². The fraction of sp³-hybridized carbons (Fsp3) is 0.235. The molecule has 0 aliphatic carbocycles. The molecule has 0 bridgehead atoms. The lowest BCUT2D eigenvalue weighted by molar-refractivity contribution is -0.138. The van der Waals surface area contributed by atoms with Gasteiger partial charge in [-0.25, -0.2) is 0 Å². The Morgan fingerprint density at radius 1 is 1.17 bits per heavy atom. The highest BCUT2D eigenvalue weighted by atomic mass is 127. The van der Waals surface area contributed by atoms with Crippen LogP contribution in [0.3, 0.4) is 0 Å². The zero-order chi connectivity index (χ0) is 18.0. The molecule has 2 rings (SSSR count). The van der Waals surface area contributed by atoms with E-state index >= 15 is 0 Å². The number of carbonyl (C=O) groups is 1. The summed E-state index contributed by atoms with van der Waals surface area (Å²) in [4.78, 5) is 10.9. The van der Waals surface area contributed by atoms with E-state index in [1.165, 1.54) is 0 Å². The van der Waals surface area contributed by atoms with Gasteiger partial charge >= 0.3 is 5.97 Å². The highest BCUT2D eigenvalue weighted by Gasteiger charge is 2.16. The SMILES string of the molecule is Cc1cc(Oc2c(C)cc(C[C@@H](N)C(=O)O)cc2I)cc(I)c1O. The number of carboxylic acids is 1. The van der Waals surface area contributed by atoms with Crippen molar-refractivity contribution in [2.24, 2.45) is 5.73 Å². The van der Waals surface area contributed by atoms with E-state index in [1.54, 1.807) is 12.1 Å². The lowest BCUT2D eigenvalue weighted by Gasteiger charge is -2.15. The van der Waals surface area contributed by atoms with Crippen molar-refractivity contribution in [3.63, 3.8) is 0 Å². The molecule has 0 amide bonds. The molecule has 24 heavy (non-hydrogen) atoms. The molecular weight excluding hydrogens is 536 g/mol. The Labute approximate surface area is 167 Å². The summed E-state index contributed by atoms with van der Waals surface area (Å²) in [6.07, 6.45) is 0.267. The Kier molecular flexibility index (Phi) is 6.32. The van der Waals surface area contributed by atoms with Gasteiger partial charge in [-0.1, -0.05) is 6.07 Å². The van der Waals surface area contributed by atoms with Crippen molar-refractivity contribution in [2.75, 3.05) is 0 Å². The second-order valence-corrected chi connectivity index (χ2v) is 7.87. The van der Waals surface area contributed by atoms with Crippen LogP contribution in [0.25, 0.3) is 0 Å². The van der Waals surface area contributed by atoms with Crippen LogP contribution in [0.15, 0.2) is 24.3 Å². The first-order valence-electron chi connectivity index (χ1n) is 7.13. The Morgan fingerprint density at radius 2 is 1.83 bits per heavy atom. The lowest BCUT2D eigenvalue weighted by Crippen LogP contribution is -2.32. The van der Waals surface area contributed by atoms with Crippen LogP contribution in [0, 0.1) is 21.0 Å². The van der Waals surface area contributed by atoms with Crippen LogP contribution >= 0.6 is 45.2 Å². The predicted octanol–water partition coefficient (Wildman–Crippen LogP) is 3.96. The number of aliphatic carboxylic acids is 1. The number of rotatable bonds is 5. The molecule has 0 aliphatic rings. The van der Waals surface area contributed by atoms with Crippen LogP contribution in [0.2, 0.25) is 0 Å². The highest BCUT2D eigenvalue weighted by Crippen LogP contribution is 2.35. The predicted molar refractivity (Wildman–Crippen MR) is 109 cm³/mol. The Balaban J connectivity index is 2.30. The molecule has 0 aromatic heterocycles. The van der Waals surface area contributed by atoms with Crippen LogP contribution < -0.4 is 10.5 Å². The first-order chi connectivity index (χ1) is 11.2. The normalized spacial score (nSPS) is 12.0. The fourth-order valence-corrected chi connectivity index (χ4v) is 3.94. The smallest absolute Gasteiger partial charge is 0.320 e. The Bertz CT molecular complexity index is 746. The van der Waals surface area contributed by atoms with Gasteiger partial charge in [0.15, 0.2) is 0 Å². The average Bonchev–Trinajstić information content (AvgIpc) is 2.48. The number of hydrogen-bond donors (Lipinski definition) is 3. The second-order valence-electron chi connectivity index (χ2n) is 5.55. The molecule has 0 aliphatic heterocycles. The van der Waals surface area contributed by atoms with Gasteiger partial charge in [0.05, 0.1) is 7.14 Å². The van der Waals surface area contributed by atoms with Crippen LogP contribution in [0.4, 0.5) is 0 Å². The number of nitrogens with two attached hydrogens (primary N) is 1. The largest absolute Gasteiger partial charge is 0.507 e. The number of ether oxygens (including phenoxy) is 1. The first kappa shape index (κ1) is 19.3. The summed E-state index contributed by atoms with van der Waals surface area (Å²) in [6.45, 7) is 3.73. The van der Waals surface area contributed by atoms with Crippen molar-refractivity contribution < 1.29 is 19.7 Å². The van der Waals surface area contributed by atoms with Crippen molar-refractivity contribution in [3.05, 3.63) is 48.1 Å². The van der Waals surface area contributed by atoms with Crippen molar-refractivity contribution in [2.45, 2.75) is 26.3 Å². The summed E-state index contributed by atoms with van der Waals surface area (Å²) in [5, 5.41) is 18.8. The lowest BCUT2D eigenvalue weighted by atomic mass is 10.0. The first-order valence-corrected chi connectivity index (χ1v) is 9.29. The van der Waals surface area contributed by atoms with Gasteiger partial charge < -0.3 is 20.7 Å². The van der Waals surface area contributed by atoms with Gasteiger partial charge in [-0.05, 0) is 100 Å². The van der Waals surface area contributed by atoms with Crippen LogP contribution in [-0.4, -0.2) is 22.2 Å². The molecule has 0 saturated carbocycles. The highest BCUT2D eigenvalue weighted by molar-refractivity contribution is 14.1. The van der Waals surface area contributed by atoms with E-state index < -0.39 is 12.0 Å². The number of benzene rings is 2. The van der Waals surface area contributed by atoms with Gasteiger partial charge in [0.2, 0.25) is 0 Å². The molecule has 7 heteroatoms. The molecule has 0 unspecified atom stereocenters. The number of phenols is 1. The zero-order valence-corrected chi connectivity index (χ0v) is 17.5. The molecule has 0 radical (unpaired) electrons. The summed E-state index contributed by atoms with van der Waals surface area (Å²) in [6, 6.07) is 6.39. The van der Waals surface area contributed by atoms with Crippen LogP contribution in [-0.2, 0) is 11.2 Å². The molecule has 128 valence electrons. The van der Waals surface area contributed by atoms with E-state index in [0.717, 1.165) is 23.8 Å². The second kappa shape index (κ2) is 7.87. The molecule has 0 fully saturated rings. The molecule has 0 heterocycles. The summed E-state index contributed by atoms with van der Waals surface area (Å²) >= 11 is 4.22. The van der Waals surface area contributed by atoms with Gasteiger partial charge in [-0.2, -0.15) is 0 Å². The van der Waals surface area contributed by atoms with Crippen LogP contribution in [0.1, 0.15) is 16.7 Å². The standard InChI is InChI=1S/C17H17I2NO4/c1-8-4-11(7-12(18)15(8)21)24-16-9(2)3-10(5-13(16)19)6-14(20)17(22)23/h3-5,7,14,21H,6,20H2,1-2H3,(H,22,23)/t14-/m1/s1. The van der Waals surface area contributed by atoms with E-state index in [2.05, 4.69) is 45.2 Å². The third kappa shape index (κ3) is 4.51. The Hall–Kier alpha value is -1.07. The minimum Gasteiger partial charge on any atom is -0.507 e. The zero-order valence-electron chi connectivity index (χ0n) is 13.1. The molecule has 0 saturated heterocycles. The maximum Gasteiger partial charge on any atom is 0.320 e. The Morgan fingerprint density at radius 3 is 2.38 bits per heavy atom. The van der Waals surface area contributed by atoms with Crippen LogP contribution in [0.5, 0.6) is 17.2 Å². The number of halogens is 2. The van der Waals surface area contributed by atoms with E-state index in [9.17, 15) is 9.90 Å². The van der Waals surface area contributed by atoms with E-state index in [0.29, 0.717) is 11.5 Å². The van der Waals surface area contributed by atoms with E-state index in [-0.39, 0.29) is 12.2 Å². The monoisotopic (exact) mass is 553 g/mol. The van der Waals surface area contributed by atoms with E-state index in [1.807, 2.05) is 26.0 Å². The number of phenolic OH excluding ortho intramolecular Hbond substituents is 1. The quantitative estimate of drug-likeness (QED) is 0.488. The molecule has 1 atom stereocenters. The maximum atomic E-state index is 10.9. The average molecular weight is 553 g/mol. The minimum atomic E-state index is -1.02. The molecular formula is C17H17I2NO4. The van der Waals surface area contributed by atoms with Gasteiger partial charge in [-0.15, -0.1) is 0 Å². The topological polar surface area (TPSA) is 92.8 Å². The maximum absolute atomic E-state index is 10.9. The molecule has 2 aromatic rings. The number of aryl methyl sites for hydroxylation is 2. The fourth-order valence-electron chi connectivity index (χ4n) is 2.27. The third-order valence-electron chi connectivity index (χ3n) is 3.51. The summed E-state index contributed by atoms with van der Waals surface area (Å²) in [7, 11) is 0. The van der Waals surface area contributed by atoms with Gasteiger partial charge in [0, 0.05) is 0 Å². The molecule has 5 nitrogen and oxygen atoms in total. The van der Waals surface area contributed by atoms with E-state index in [4.69, 9.17) is 15.6 Å². The number of hydrogen-bond acceptors (Lipinski definition) is 4. The van der Waals surface area contributed by atoms with Crippen molar-refractivity contribution in [1.82, 2.24) is 0 Å². The van der Waals surface area contributed by atoms with Crippen molar-refractivity contribution in [3.8, 4) is 17.2 Å². The summed E-state index contributed by atoms with van der Waals surface area (Å²) < 4.78 is 7.59. The number of aromatic hydroxyl groups is 1. The number of carboxylic acid groups (broad SMARTS) is 1. The minimum absolute atomic E-state index is 0.257. The molecule has 2 aromatic carbocycles. The van der Waals surface area contributed by atoms with Gasteiger partial charge in [0.1, 0.15) is 23.3 Å². The molecule has 4 N–H and O–H groups in total. The molecule has 0 spiro atoms. The van der Waals surface area contributed by atoms with Crippen molar-refractivity contribution in [1.29, 1.82) is 0 Å². The van der Waals surface area contributed by atoms with Crippen molar-refractivity contribution >= 4 is 51.2 Å². The summed E-state index contributed by atoms with van der Waals surface area (Å²) in [5.41, 5.74) is 8.10. The summed E-state index contributed by atoms with van der Waals surface area (Å²) in [5.74, 6) is 0.597. The third-order valence-corrected chi connectivity index (χ3v) is 5.13.